The molecule has 0 aromatic heterocycles. The van der Waals surface area contributed by atoms with Crippen LogP contribution in [0.2, 0.25) is 0 Å². The van der Waals surface area contributed by atoms with Gasteiger partial charge >= 0.3 is 5.97 Å². The van der Waals surface area contributed by atoms with Crippen LogP contribution < -0.4 is 0 Å². The molecule has 0 N–H and O–H groups in total. The molecule has 1 aromatic carbocycles. The summed E-state index contributed by atoms with van der Waals surface area (Å²) >= 11 is 0. The van der Waals surface area contributed by atoms with E-state index in [1.165, 1.54) is 17.1 Å². The number of carbonyl (C=O) groups is 3. The number of esters is 1. The van der Waals surface area contributed by atoms with Gasteiger partial charge in [0.05, 0.1) is 18.2 Å². The third kappa shape index (κ3) is 2.14. The maximum atomic E-state index is 12.0. The van der Waals surface area contributed by atoms with Crippen molar-refractivity contribution >= 4 is 17.8 Å². The molecule has 0 spiro atoms. The monoisotopic (exact) mass is 285 g/mol. The van der Waals surface area contributed by atoms with Gasteiger partial charge in [-0.05, 0) is 37.0 Å². The van der Waals surface area contributed by atoms with Crippen LogP contribution in [-0.4, -0.2) is 29.3 Å². The second-order valence-corrected chi connectivity index (χ2v) is 5.03. The summed E-state index contributed by atoms with van der Waals surface area (Å²) in [5, 5.41) is 0. The van der Waals surface area contributed by atoms with Crippen LogP contribution in [0.4, 0.5) is 0 Å². The zero-order valence-electron chi connectivity index (χ0n) is 11.7. The lowest BCUT2D eigenvalue weighted by Gasteiger charge is -2.23. The lowest BCUT2D eigenvalue weighted by Crippen LogP contribution is -2.33. The van der Waals surface area contributed by atoms with Gasteiger partial charge in [-0.25, -0.2) is 4.79 Å². The summed E-state index contributed by atoms with van der Waals surface area (Å²) in [4.78, 5) is 36.9. The van der Waals surface area contributed by atoms with E-state index in [0.717, 1.165) is 11.1 Å². The van der Waals surface area contributed by atoms with E-state index in [0.29, 0.717) is 25.0 Å². The molecule has 0 bridgehead atoms. The van der Waals surface area contributed by atoms with Crippen molar-refractivity contribution in [3.05, 3.63) is 47.0 Å². The molecule has 5 nitrogen and oxygen atoms in total. The van der Waals surface area contributed by atoms with Gasteiger partial charge in [-0.3, -0.25) is 14.5 Å². The number of rotatable bonds is 3. The number of fused-ring (bicyclic) bond motifs is 1. The highest BCUT2D eigenvalue weighted by Crippen LogP contribution is 2.38. The van der Waals surface area contributed by atoms with Crippen molar-refractivity contribution in [3.8, 4) is 0 Å². The Kier molecular flexibility index (Phi) is 3.33. The molecule has 1 heterocycles. The summed E-state index contributed by atoms with van der Waals surface area (Å²) in [6, 6.07) is 5.08. The average Bonchev–Trinajstić information content (AvgIpc) is 3.02. The smallest absolute Gasteiger partial charge is 0.338 e. The minimum Gasteiger partial charge on any atom is -0.462 e. The number of amides is 2. The molecule has 1 aromatic rings. The zero-order chi connectivity index (χ0) is 15.0. The third-order valence-electron chi connectivity index (χ3n) is 3.89. The van der Waals surface area contributed by atoms with Crippen molar-refractivity contribution in [1.29, 1.82) is 0 Å². The van der Waals surface area contributed by atoms with Crippen molar-refractivity contribution < 1.29 is 19.1 Å². The molecule has 1 atom stereocenters. The first kappa shape index (κ1) is 13.5. The number of benzene rings is 1. The van der Waals surface area contributed by atoms with Crippen LogP contribution in [0.15, 0.2) is 30.4 Å². The Labute approximate surface area is 122 Å². The highest BCUT2D eigenvalue weighted by atomic mass is 16.5. The maximum absolute atomic E-state index is 12.0. The molecule has 5 heteroatoms. The van der Waals surface area contributed by atoms with Gasteiger partial charge in [0.1, 0.15) is 0 Å². The van der Waals surface area contributed by atoms with E-state index < -0.39 is 0 Å². The molecule has 2 aliphatic rings. The number of nitrogens with zero attached hydrogens (tertiary/aromatic N) is 1. The fraction of sp³-hybridized carbons (Fsp3) is 0.312. The van der Waals surface area contributed by atoms with Crippen LogP contribution in [-0.2, 0) is 20.7 Å². The summed E-state index contributed by atoms with van der Waals surface area (Å²) < 4.78 is 5.06. The standard InChI is InChI=1S/C16H15NO4/c1-2-21-16(20)12-5-3-4-11-10(12)6-7-13(11)17-14(18)8-9-15(17)19/h3-5,8-9,13H,2,6-7H2,1H3/t13-/m0/s1. The summed E-state index contributed by atoms with van der Waals surface area (Å²) in [6.07, 6.45) is 3.88. The number of hydrogen-bond acceptors (Lipinski definition) is 4. The Morgan fingerprint density at radius 2 is 2.00 bits per heavy atom. The Balaban J connectivity index is 1.97. The zero-order valence-corrected chi connectivity index (χ0v) is 11.7. The van der Waals surface area contributed by atoms with Gasteiger partial charge in [0.25, 0.3) is 11.8 Å². The number of hydrogen-bond donors (Lipinski definition) is 0. The molecule has 0 saturated carbocycles. The van der Waals surface area contributed by atoms with E-state index >= 15 is 0 Å². The van der Waals surface area contributed by atoms with Crippen LogP contribution in [0.25, 0.3) is 0 Å². The van der Waals surface area contributed by atoms with E-state index in [2.05, 4.69) is 0 Å². The largest absolute Gasteiger partial charge is 0.462 e. The fourth-order valence-electron chi connectivity index (χ4n) is 3.02. The predicted octanol–water partition coefficient (Wildman–Crippen LogP) is 1.78. The lowest BCUT2D eigenvalue weighted by atomic mass is 10.0. The average molecular weight is 285 g/mol. The predicted molar refractivity (Wildman–Crippen MR) is 74.5 cm³/mol. The van der Waals surface area contributed by atoms with Crippen molar-refractivity contribution in [2.45, 2.75) is 25.8 Å². The number of imide groups is 1. The van der Waals surface area contributed by atoms with E-state index in [4.69, 9.17) is 4.74 Å². The molecule has 3 rings (SSSR count). The van der Waals surface area contributed by atoms with E-state index in [9.17, 15) is 14.4 Å². The maximum Gasteiger partial charge on any atom is 0.338 e. The first-order chi connectivity index (χ1) is 10.1. The molecule has 1 aliphatic carbocycles. The lowest BCUT2D eigenvalue weighted by molar-refractivity contribution is -0.139. The normalized spacial score (nSPS) is 20.0. The molecule has 0 unspecified atom stereocenters. The van der Waals surface area contributed by atoms with E-state index in [1.807, 2.05) is 6.07 Å². The minimum absolute atomic E-state index is 0.288. The Hall–Kier alpha value is -2.43. The Bertz CT molecular complexity index is 644. The molecule has 0 fully saturated rings. The Morgan fingerprint density at radius 1 is 1.29 bits per heavy atom. The van der Waals surface area contributed by atoms with Gasteiger partial charge in [-0.1, -0.05) is 12.1 Å². The molecule has 1 aliphatic heterocycles. The SMILES string of the molecule is CCOC(=O)c1cccc2c1CC[C@@H]2N1C(=O)C=CC1=O. The second-order valence-electron chi connectivity index (χ2n) is 5.03. The molecular formula is C16H15NO4. The molecule has 0 saturated heterocycles. The van der Waals surface area contributed by atoms with Crippen LogP contribution in [0.3, 0.4) is 0 Å². The van der Waals surface area contributed by atoms with Gasteiger partial charge in [-0.15, -0.1) is 0 Å². The molecule has 21 heavy (non-hydrogen) atoms. The van der Waals surface area contributed by atoms with E-state index in [1.54, 1.807) is 19.1 Å². The summed E-state index contributed by atoms with van der Waals surface area (Å²) in [6.45, 7) is 2.08. The second kappa shape index (κ2) is 5.16. The first-order valence-corrected chi connectivity index (χ1v) is 6.97. The molecular weight excluding hydrogens is 270 g/mol. The van der Waals surface area contributed by atoms with Crippen molar-refractivity contribution in [3.63, 3.8) is 0 Å². The summed E-state index contributed by atoms with van der Waals surface area (Å²) in [7, 11) is 0. The molecule has 108 valence electrons. The van der Waals surface area contributed by atoms with Crippen molar-refractivity contribution in [2.24, 2.45) is 0 Å². The summed E-state index contributed by atoms with van der Waals surface area (Å²) in [5.74, 6) is -0.939. The van der Waals surface area contributed by atoms with Gasteiger partial charge in [-0.2, -0.15) is 0 Å². The first-order valence-electron chi connectivity index (χ1n) is 6.97. The van der Waals surface area contributed by atoms with Crippen LogP contribution in [0.5, 0.6) is 0 Å². The molecule has 2 amide bonds. The quantitative estimate of drug-likeness (QED) is 0.627. The van der Waals surface area contributed by atoms with Crippen LogP contribution in [0.1, 0.15) is 40.9 Å². The fourth-order valence-corrected chi connectivity index (χ4v) is 3.02. The van der Waals surface area contributed by atoms with E-state index in [-0.39, 0.29) is 23.8 Å². The van der Waals surface area contributed by atoms with Gasteiger partial charge < -0.3 is 4.74 Å². The number of ether oxygens (including phenoxy) is 1. The molecule has 0 radical (unpaired) electrons. The van der Waals surface area contributed by atoms with Crippen LogP contribution in [0, 0.1) is 0 Å². The van der Waals surface area contributed by atoms with Gasteiger partial charge in [0, 0.05) is 12.2 Å². The topological polar surface area (TPSA) is 63.7 Å². The number of carbonyl (C=O) groups excluding carboxylic acids is 3. The minimum atomic E-state index is -0.354. The van der Waals surface area contributed by atoms with Gasteiger partial charge in [0.15, 0.2) is 0 Å². The summed E-state index contributed by atoms with van der Waals surface area (Å²) in [5.41, 5.74) is 2.28. The highest BCUT2D eigenvalue weighted by Gasteiger charge is 2.37. The van der Waals surface area contributed by atoms with Crippen molar-refractivity contribution in [2.75, 3.05) is 6.61 Å². The van der Waals surface area contributed by atoms with Crippen molar-refractivity contribution in [1.82, 2.24) is 4.90 Å². The highest BCUT2D eigenvalue weighted by molar-refractivity contribution is 6.13. The van der Waals surface area contributed by atoms with Gasteiger partial charge in [0.2, 0.25) is 0 Å². The van der Waals surface area contributed by atoms with Crippen LogP contribution >= 0.6 is 0 Å². The Morgan fingerprint density at radius 3 is 2.67 bits per heavy atom. The third-order valence-corrected chi connectivity index (χ3v) is 3.89.